The average molecular weight is 1930 g/mol. The van der Waals surface area contributed by atoms with Crippen LogP contribution in [0.1, 0.15) is 146 Å². The van der Waals surface area contributed by atoms with Crippen molar-refractivity contribution in [2.75, 3.05) is 10.6 Å². The van der Waals surface area contributed by atoms with Crippen molar-refractivity contribution in [3.05, 3.63) is 334 Å². The molecular weight excluding hydrogens is 1830 g/mol. The van der Waals surface area contributed by atoms with E-state index >= 15 is 0 Å². The number of nitrogens with zero attached hydrogens (tertiary/aromatic N) is 4. The van der Waals surface area contributed by atoms with Crippen LogP contribution in [0.25, 0.3) is 89.9 Å². The Morgan fingerprint density at radius 2 is 0.858 bits per heavy atom. The third-order valence-corrected chi connectivity index (χ3v) is 29.9. The number of benzene rings is 10. The molecule has 33 heteroatoms. The number of aliphatic carboxylic acids is 1. The fourth-order valence-corrected chi connectivity index (χ4v) is 23.0. The number of fused-ring (bicyclic) bond motifs is 14. The minimum absolute atomic E-state index is 0.0165. The topological polar surface area (TPSA) is 418 Å². The van der Waals surface area contributed by atoms with Gasteiger partial charge in [0.05, 0.1) is 44.9 Å². The third kappa shape index (κ3) is 16.4. The van der Waals surface area contributed by atoms with Crippen LogP contribution in [0, 0.1) is 23.7 Å². The Morgan fingerprint density at radius 1 is 0.461 bits per heavy atom. The first-order valence-corrected chi connectivity index (χ1v) is 50.0. The number of carboxylic acids is 1. The molecule has 141 heavy (non-hydrogen) atoms. The second kappa shape index (κ2) is 36.5. The summed E-state index contributed by atoms with van der Waals surface area (Å²) in [7, 11) is -8.53. The predicted molar refractivity (Wildman–Crippen MR) is 524 cm³/mol. The molecule has 0 saturated carbocycles. The van der Waals surface area contributed by atoms with E-state index in [1.807, 2.05) is 180 Å². The number of amides is 3. The van der Waals surface area contributed by atoms with Gasteiger partial charge >= 0.3 is 21.6 Å². The first kappa shape index (κ1) is 91.5. The fourth-order valence-electron chi connectivity index (χ4n) is 20.2. The van der Waals surface area contributed by atoms with Gasteiger partial charge in [0.15, 0.2) is 53.0 Å². The van der Waals surface area contributed by atoms with Crippen molar-refractivity contribution in [3.8, 4) is 79.6 Å². The molecule has 716 valence electrons. The molecule has 0 radical (unpaired) electrons. The number of ether oxygens (including phenoxy) is 2. The summed E-state index contributed by atoms with van der Waals surface area (Å²) in [5.41, 5.74) is 23.0. The number of nitrogens with one attached hydrogen (secondary N) is 7. The van der Waals surface area contributed by atoms with Crippen LogP contribution in [-0.2, 0) is 106 Å². The summed E-state index contributed by atoms with van der Waals surface area (Å²) < 4.78 is 103. The lowest BCUT2D eigenvalue weighted by atomic mass is 9.72. The van der Waals surface area contributed by atoms with Crippen molar-refractivity contribution in [2.24, 2.45) is 29.4 Å². The quantitative estimate of drug-likeness (QED) is 0.0269. The van der Waals surface area contributed by atoms with Crippen molar-refractivity contribution in [2.45, 2.75) is 154 Å². The van der Waals surface area contributed by atoms with Crippen molar-refractivity contribution in [1.29, 1.82) is 0 Å². The molecule has 10 N–H and O–H groups in total. The smallest absolute Gasteiger partial charge is 0.476 e. The molecule has 0 fully saturated rings. The molecule has 14 heterocycles. The normalized spacial score (nSPS) is 19.8. The molecule has 10 aromatic carbocycles. The number of oxazole rings is 4. The molecule has 31 nitrogen and oxygen atoms in total. The Kier molecular flexibility index (Phi) is 23.7. The summed E-state index contributed by atoms with van der Waals surface area (Å²) in [5, 5.41) is 28.2. The van der Waals surface area contributed by atoms with Gasteiger partial charge in [-0.25, -0.2) is 33.9 Å². The Hall–Kier alpha value is -14.6. The minimum Gasteiger partial charge on any atom is -0.479 e. The van der Waals surface area contributed by atoms with E-state index in [2.05, 4.69) is 103 Å². The lowest BCUT2D eigenvalue weighted by molar-refractivity contribution is -0.148. The van der Waals surface area contributed by atoms with Crippen LogP contribution >= 0.6 is 15.6 Å². The Morgan fingerprint density at radius 3 is 1.27 bits per heavy atom. The number of para-hydroxylation sites is 2. The highest BCUT2D eigenvalue weighted by Gasteiger charge is 2.64. The number of carboxylic acid groups (broad SMARTS) is 1. The summed E-state index contributed by atoms with van der Waals surface area (Å²) in [5.74, 6) is 0.726. The molecule has 16 aromatic rings. The van der Waals surface area contributed by atoms with Gasteiger partial charge in [-0.05, 0) is 98.9 Å². The molecule has 2 spiro atoms. The number of carbonyl (C=O) groups is 4. The van der Waals surface area contributed by atoms with Crippen LogP contribution in [-0.4, -0.2) is 95.4 Å². The van der Waals surface area contributed by atoms with Gasteiger partial charge in [0.2, 0.25) is 35.4 Å². The molecule has 8 aliphatic heterocycles. The van der Waals surface area contributed by atoms with Crippen LogP contribution in [0.2, 0.25) is 0 Å². The highest BCUT2D eigenvalue weighted by molar-refractivity contribution is 7.48. The lowest BCUT2D eigenvalue weighted by Crippen LogP contribution is -2.53. The largest absolute Gasteiger partial charge is 0.479 e. The van der Waals surface area contributed by atoms with Crippen LogP contribution in [0.3, 0.4) is 0 Å². The van der Waals surface area contributed by atoms with Gasteiger partial charge in [-0.3, -0.25) is 41.5 Å². The van der Waals surface area contributed by atoms with Gasteiger partial charge in [-0.1, -0.05) is 262 Å². The van der Waals surface area contributed by atoms with E-state index in [-0.39, 0.29) is 62.4 Å². The van der Waals surface area contributed by atoms with E-state index in [0.29, 0.717) is 58.4 Å². The van der Waals surface area contributed by atoms with E-state index in [1.165, 1.54) is 0 Å². The maximum absolute atomic E-state index is 14.9. The standard InChI is InChI=1S/C54H49N6O9P.C35H28N6O4.C19H23O6P/c1-29(2)44-52-59-46-48(68-52)54-37-19-11-18-35(34-17-12-20-39-43(34)36(25-55-39)42-26-56-51(46)66-42)45(37)60-53(54)67-41-22-21-33(23-38(41)54)24-40(49(61)58-44)57-50(62)47(30(3)4)69-70(63,64-27-31-13-7-5-8-14-31)65-28-32-15-9-6-10-16-32;1-15(2)27-33-40-29-30(45-33)35-20-7-3-6-18(17-5-4-8-23-26(17)19(13-37-23)25-14-38-32(29)43-25)28(20)41-34(35)44-24-10-9-16(11-21(24)35)12-22(36)31(42)39-27;1-15(2)18(19(20)21)25-26(22,23-13-16-9-5-3-6-10-16)24-14-17-11-7-4-8-12-17/h5-23,25-26,29-30,40,44,47,53,55,60H,24,27-28H2,1-4H3,(H,57,62)(H,58,61);3-11,13-15,22,27,34,37,41H,12,36H2,1-2H3,(H,39,42);3-12,15,18H,13-14H2,1-2H3,(H,20,21)/t40-,44-,47-,53?,54-;22-,27-,34?,35-;18-/m000/s1. The van der Waals surface area contributed by atoms with Gasteiger partial charge in [-0.2, -0.15) is 0 Å². The number of anilines is 2. The molecule has 20 bridgehead atoms. The number of phosphoric acid groups is 2. The van der Waals surface area contributed by atoms with Crippen LogP contribution < -0.4 is 41.8 Å². The van der Waals surface area contributed by atoms with E-state index in [4.69, 9.17) is 80.0 Å². The number of nitrogens with two attached hydrogens (primary N) is 1. The number of hydrogen-bond acceptors (Lipinski definition) is 25. The zero-order valence-corrected chi connectivity index (χ0v) is 79.8. The maximum Gasteiger partial charge on any atom is 0.476 e. The predicted octanol–water partition coefficient (Wildman–Crippen LogP) is 20.7. The molecule has 6 aromatic heterocycles. The number of rotatable bonds is 23. The molecule has 0 saturated heterocycles. The monoisotopic (exact) mass is 1930 g/mol. The lowest BCUT2D eigenvalue weighted by Gasteiger charge is -2.30. The number of H-pyrrole nitrogens is 2. The molecule has 3 amide bonds. The number of aromatic amines is 2. The van der Waals surface area contributed by atoms with Gasteiger partial charge < -0.3 is 74.5 Å². The van der Waals surface area contributed by atoms with Crippen molar-refractivity contribution in [3.63, 3.8) is 0 Å². The molecule has 24 rings (SSSR count). The van der Waals surface area contributed by atoms with Crippen molar-refractivity contribution >= 4 is 72.5 Å². The maximum atomic E-state index is 14.9. The van der Waals surface area contributed by atoms with E-state index in [9.17, 15) is 33.4 Å². The van der Waals surface area contributed by atoms with Crippen LogP contribution in [0.4, 0.5) is 11.4 Å². The molecule has 10 atom stereocenters. The molecule has 0 aliphatic carbocycles. The highest BCUT2D eigenvalue weighted by atomic mass is 31.2. The van der Waals surface area contributed by atoms with Crippen LogP contribution in [0.15, 0.2) is 273 Å². The summed E-state index contributed by atoms with van der Waals surface area (Å²) >= 11 is 0. The zero-order chi connectivity index (χ0) is 97.1. The highest BCUT2D eigenvalue weighted by Crippen LogP contribution is 2.65. The van der Waals surface area contributed by atoms with Gasteiger partial charge in [-0.15, -0.1) is 0 Å². The molecule has 8 aliphatic rings. The van der Waals surface area contributed by atoms with Crippen LogP contribution in [0.5, 0.6) is 11.5 Å². The summed E-state index contributed by atoms with van der Waals surface area (Å²) in [6.45, 7) is 14.6. The first-order chi connectivity index (χ1) is 68.3. The number of aromatic nitrogens is 6. The number of hydrogen-bond donors (Lipinski definition) is 9. The van der Waals surface area contributed by atoms with Gasteiger partial charge in [0.1, 0.15) is 46.6 Å². The zero-order valence-electron chi connectivity index (χ0n) is 78.0. The SMILES string of the molecule is CC(C)[C@@H]1NC(=O)[C@@H](N)Cc2ccc3c(c2)[C@]24c5cccc(c5NC2O3)-c2cccc3[nH]cc(c23)-c2cnc(o2)-c2nc1oc24.CC(C)[C@H](OP(=O)(OCc1ccccc1)OCc1ccccc1)C(=O)N[C@H]1Cc2ccc3c(c2)[C@]24c5cccc(c5NC2O3)-c2cccc3[nH]cc(c23)-c2cnc(o2)-c2nc(oc24)[C@H](C(C)C)NC1=O.CC(C)[C@H](OP(=O)(OCc1ccccc1)OCc1ccccc1)C(=O)O. The van der Waals surface area contributed by atoms with Crippen molar-refractivity contribution < 1.29 is 87.7 Å². The van der Waals surface area contributed by atoms with E-state index in [1.54, 1.807) is 64.4 Å². The second-order valence-electron chi connectivity index (χ2n) is 37.7. The number of phosphoric ester groups is 2. The van der Waals surface area contributed by atoms with Gasteiger partial charge in [0, 0.05) is 96.5 Å². The fraction of sp³-hybridized carbons (Fsp3) is 0.259. The van der Waals surface area contributed by atoms with E-state index < -0.39 is 105 Å². The summed E-state index contributed by atoms with van der Waals surface area (Å²) in [6, 6.07) is 70.2. The summed E-state index contributed by atoms with van der Waals surface area (Å²) in [4.78, 5) is 81.1. The Balaban J connectivity index is 0.000000137. The molecule has 2 unspecified atom stereocenters. The van der Waals surface area contributed by atoms with E-state index in [0.717, 1.165) is 128 Å². The minimum atomic E-state index is -4.43. The Labute approximate surface area is 809 Å². The third-order valence-electron chi connectivity index (χ3n) is 27.1. The second-order valence-corrected chi connectivity index (χ2v) is 41.0. The average Bonchev–Trinajstić information content (AvgIpc) is 1.51. The first-order valence-electron chi connectivity index (χ1n) is 47.1. The summed E-state index contributed by atoms with van der Waals surface area (Å²) in [6.07, 6.45) is 3.83. The van der Waals surface area contributed by atoms with Crippen molar-refractivity contribution in [1.82, 2.24) is 45.9 Å². The van der Waals surface area contributed by atoms with Gasteiger partial charge in [0.25, 0.3) is 5.91 Å². The molecular formula is C108H100N12O19P2. The number of carbonyl (C=O) groups excluding carboxylic acids is 3. The Bertz CT molecular complexity index is 7550.